The van der Waals surface area contributed by atoms with E-state index >= 15 is 0 Å². The summed E-state index contributed by atoms with van der Waals surface area (Å²) in [6.07, 6.45) is 10.4. The zero-order chi connectivity index (χ0) is 11.4. The zero-order valence-corrected chi connectivity index (χ0v) is 10.6. The van der Waals surface area contributed by atoms with Crippen LogP contribution in [-0.4, -0.2) is 17.3 Å². The smallest absolute Gasteiger partial charge is 0.223 e. The third kappa shape index (κ3) is 3.13. The van der Waals surface area contributed by atoms with Crippen molar-refractivity contribution in [3.63, 3.8) is 0 Å². The average Bonchev–Trinajstić information content (AvgIpc) is 2.33. The van der Waals surface area contributed by atoms with Crippen LogP contribution in [0.5, 0.6) is 0 Å². The number of carbonyl (C=O) groups is 1. The molecule has 0 aromatic rings. The summed E-state index contributed by atoms with van der Waals surface area (Å²) in [5, 5.41) is 3.32. The molecule has 2 nitrogen and oxygen atoms in total. The van der Waals surface area contributed by atoms with E-state index in [1.807, 2.05) is 0 Å². The summed E-state index contributed by atoms with van der Waals surface area (Å²) in [5.74, 6) is 0.525. The highest BCUT2D eigenvalue weighted by Gasteiger charge is 2.28. The van der Waals surface area contributed by atoms with Crippen LogP contribution in [0.1, 0.15) is 57.8 Å². The third-order valence-electron chi connectivity index (χ3n) is 3.99. The molecule has 0 aromatic carbocycles. The monoisotopic (exact) mass is 243 g/mol. The summed E-state index contributed by atoms with van der Waals surface area (Å²) >= 11 is 6.25. The second-order valence-electron chi connectivity index (χ2n) is 5.25. The van der Waals surface area contributed by atoms with Crippen molar-refractivity contribution in [1.82, 2.24) is 5.32 Å². The summed E-state index contributed by atoms with van der Waals surface area (Å²) in [7, 11) is 0. The average molecular weight is 244 g/mol. The Labute approximate surface area is 103 Å². The molecule has 92 valence electrons. The second kappa shape index (κ2) is 5.90. The van der Waals surface area contributed by atoms with Crippen LogP contribution in [0.3, 0.4) is 0 Å². The van der Waals surface area contributed by atoms with Gasteiger partial charge in [0.25, 0.3) is 0 Å². The van der Waals surface area contributed by atoms with E-state index in [1.54, 1.807) is 0 Å². The van der Waals surface area contributed by atoms with Gasteiger partial charge in [0.05, 0.1) is 5.38 Å². The van der Waals surface area contributed by atoms with Gasteiger partial charge in [0, 0.05) is 12.0 Å². The highest BCUT2D eigenvalue weighted by atomic mass is 35.5. The van der Waals surface area contributed by atoms with Gasteiger partial charge < -0.3 is 5.32 Å². The fraction of sp³-hybridized carbons (Fsp3) is 0.923. The van der Waals surface area contributed by atoms with Crippen molar-refractivity contribution >= 4 is 17.5 Å². The molecule has 2 atom stereocenters. The molecular formula is C13H22ClNO. The molecule has 1 N–H and O–H groups in total. The van der Waals surface area contributed by atoms with E-state index in [4.69, 9.17) is 11.6 Å². The number of nitrogens with one attached hydrogen (secondary N) is 1. The number of hydrogen-bond acceptors (Lipinski definition) is 1. The minimum atomic E-state index is 0.154. The van der Waals surface area contributed by atoms with Crippen LogP contribution < -0.4 is 5.32 Å². The molecule has 0 heterocycles. The first-order valence-electron chi connectivity index (χ1n) is 6.72. The fourth-order valence-electron chi connectivity index (χ4n) is 2.91. The van der Waals surface area contributed by atoms with Gasteiger partial charge in [-0.1, -0.05) is 32.1 Å². The van der Waals surface area contributed by atoms with Gasteiger partial charge in [-0.2, -0.15) is 0 Å². The van der Waals surface area contributed by atoms with Gasteiger partial charge >= 0.3 is 0 Å². The molecule has 1 amide bonds. The van der Waals surface area contributed by atoms with Gasteiger partial charge in [0.2, 0.25) is 5.91 Å². The van der Waals surface area contributed by atoms with E-state index in [-0.39, 0.29) is 23.2 Å². The fourth-order valence-corrected chi connectivity index (χ4v) is 3.26. The van der Waals surface area contributed by atoms with Crippen LogP contribution in [0.15, 0.2) is 0 Å². The molecule has 0 saturated heterocycles. The molecule has 3 heteroatoms. The quantitative estimate of drug-likeness (QED) is 0.742. The number of carbonyl (C=O) groups excluding carboxylic acids is 1. The van der Waals surface area contributed by atoms with Crippen molar-refractivity contribution in [3.05, 3.63) is 0 Å². The van der Waals surface area contributed by atoms with E-state index in [9.17, 15) is 4.79 Å². The minimum Gasteiger partial charge on any atom is -0.352 e. The van der Waals surface area contributed by atoms with Crippen molar-refractivity contribution < 1.29 is 4.79 Å². The predicted molar refractivity (Wildman–Crippen MR) is 66.6 cm³/mol. The van der Waals surface area contributed by atoms with E-state index in [0.29, 0.717) is 0 Å². The largest absolute Gasteiger partial charge is 0.352 e. The Balaban J connectivity index is 1.80. The van der Waals surface area contributed by atoms with Crippen LogP contribution in [0, 0.1) is 5.92 Å². The first kappa shape index (κ1) is 12.2. The Kier molecular flexibility index (Phi) is 4.51. The molecule has 0 spiro atoms. The van der Waals surface area contributed by atoms with Crippen LogP contribution in [-0.2, 0) is 4.79 Å². The maximum Gasteiger partial charge on any atom is 0.223 e. The highest BCUT2D eigenvalue weighted by molar-refractivity contribution is 6.21. The lowest BCUT2D eigenvalue weighted by Crippen LogP contribution is -2.45. The second-order valence-corrected chi connectivity index (χ2v) is 5.81. The number of amides is 1. The van der Waals surface area contributed by atoms with E-state index in [0.717, 1.165) is 25.7 Å². The molecular weight excluding hydrogens is 222 g/mol. The van der Waals surface area contributed by atoms with Crippen molar-refractivity contribution in [2.75, 3.05) is 0 Å². The van der Waals surface area contributed by atoms with Gasteiger partial charge in [-0.25, -0.2) is 0 Å². The van der Waals surface area contributed by atoms with Crippen LogP contribution in [0.25, 0.3) is 0 Å². The van der Waals surface area contributed by atoms with E-state index in [2.05, 4.69) is 5.32 Å². The Hall–Kier alpha value is -0.240. The summed E-state index contributed by atoms with van der Waals surface area (Å²) in [5.41, 5.74) is 0. The van der Waals surface area contributed by atoms with Gasteiger partial charge in [-0.3, -0.25) is 4.79 Å². The predicted octanol–water partition coefficient (Wildman–Crippen LogP) is 3.23. The molecule has 0 unspecified atom stereocenters. The van der Waals surface area contributed by atoms with E-state index in [1.165, 1.54) is 32.1 Å². The molecule has 2 aliphatic rings. The molecule has 0 aromatic heterocycles. The van der Waals surface area contributed by atoms with Crippen LogP contribution >= 0.6 is 11.6 Å². The summed E-state index contributed by atoms with van der Waals surface area (Å²) in [4.78, 5) is 12.0. The van der Waals surface area contributed by atoms with Crippen molar-refractivity contribution in [2.24, 2.45) is 5.92 Å². The molecule has 0 bridgehead atoms. The van der Waals surface area contributed by atoms with Crippen molar-refractivity contribution in [2.45, 2.75) is 69.2 Å². The highest BCUT2D eigenvalue weighted by Crippen LogP contribution is 2.26. The number of rotatable bonds is 2. The van der Waals surface area contributed by atoms with Crippen molar-refractivity contribution in [3.8, 4) is 0 Å². The number of hydrogen-bond donors (Lipinski definition) is 1. The molecule has 2 rings (SSSR count). The van der Waals surface area contributed by atoms with Gasteiger partial charge in [-0.05, 0) is 25.7 Å². The maximum atomic E-state index is 12.0. The number of alkyl halides is 1. The molecule has 2 saturated carbocycles. The SMILES string of the molecule is O=C(N[C@@H]1CCCC[C@@H]1Cl)C1CCCCC1. The van der Waals surface area contributed by atoms with Gasteiger partial charge in [0.1, 0.15) is 0 Å². The topological polar surface area (TPSA) is 29.1 Å². The first-order chi connectivity index (χ1) is 7.77. The normalized spacial score (nSPS) is 32.3. The van der Waals surface area contributed by atoms with Gasteiger partial charge in [0.15, 0.2) is 0 Å². The lowest BCUT2D eigenvalue weighted by molar-refractivity contribution is -0.126. The Morgan fingerprint density at radius 1 is 0.938 bits per heavy atom. The van der Waals surface area contributed by atoms with Crippen molar-refractivity contribution in [1.29, 1.82) is 0 Å². The third-order valence-corrected chi connectivity index (χ3v) is 4.51. The lowest BCUT2D eigenvalue weighted by atomic mass is 9.87. The minimum absolute atomic E-state index is 0.154. The molecule has 16 heavy (non-hydrogen) atoms. The zero-order valence-electron chi connectivity index (χ0n) is 9.88. The Bertz CT molecular complexity index is 238. The molecule has 0 aliphatic heterocycles. The first-order valence-corrected chi connectivity index (χ1v) is 7.15. The van der Waals surface area contributed by atoms with E-state index < -0.39 is 0 Å². The lowest BCUT2D eigenvalue weighted by Gasteiger charge is -2.30. The summed E-state index contributed by atoms with van der Waals surface area (Å²) in [6.45, 7) is 0. The molecule has 2 fully saturated rings. The Morgan fingerprint density at radius 3 is 2.25 bits per heavy atom. The van der Waals surface area contributed by atoms with Crippen LogP contribution in [0.4, 0.5) is 0 Å². The standard InChI is InChI=1S/C13H22ClNO/c14-11-8-4-5-9-12(11)15-13(16)10-6-2-1-3-7-10/h10-12H,1-9H2,(H,15,16)/t11-,12+/m0/s1. The number of halogens is 1. The van der Waals surface area contributed by atoms with Gasteiger partial charge in [-0.15, -0.1) is 11.6 Å². The Morgan fingerprint density at radius 2 is 1.56 bits per heavy atom. The molecule has 0 radical (unpaired) electrons. The summed E-state index contributed by atoms with van der Waals surface area (Å²) < 4.78 is 0. The van der Waals surface area contributed by atoms with Crippen LogP contribution in [0.2, 0.25) is 0 Å². The molecule has 2 aliphatic carbocycles. The summed E-state index contributed by atoms with van der Waals surface area (Å²) in [6, 6.07) is 0.227. The maximum absolute atomic E-state index is 12.0.